The average Bonchev–Trinajstić information content (AvgIpc) is 3.62. The summed E-state index contributed by atoms with van der Waals surface area (Å²) >= 11 is 0. The van der Waals surface area contributed by atoms with Crippen LogP contribution < -0.4 is 5.32 Å². The molecular formula is C26H27FN2O3. The van der Waals surface area contributed by atoms with Crippen LogP contribution >= 0.6 is 0 Å². The normalized spacial score (nSPS) is 13.2. The monoisotopic (exact) mass is 434 g/mol. The van der Waals surface area contributed by atoms with E-state index < -0.39 is 5.82 Å². The Balaban J connectivity index is 1.67. The molecule has 1 aliphatic rings. The molecule has 3 aromatic rings. The highest BCUT2D eigenvalue weighted by atomic mass is 19.1. The van der Waals surface area contributed by atoms with Gasteiger partial charge < -0.3 is 10.1 Å². The number of ether oxygens (including phenoxy) is 1. The molecule has 0 atom stereocenters. The molecule has 32 heavy (non-hydrogen) atoms. The summed E-state index contributed by atoms with van der Waals surface area (Å²) in [6.07, 6.45) is 5.81. The summed E-state index contributed by atoms with van der Waals surface area (Å²) in [5.41, 5.74) is 3.32. The molecule has 1 N–H and O–H groups in total. The molecule has 0 saturated heterocycles. The third-order valence-corrected chi connectivity index (χ3v) is 5.71. The van der Waals surface area contributed by atoms with Crippen LogP contribution in [0.25, 0.3) is 22.0 Å². The minimum Gasteiger partial charge on any atom is -0.459 e. The number of carbonyl (C=O) groups is 2. The number of aromatic nitrogens is 1. The lowest BCUT2D eigenvalue weighted by Gasteiger charge is -2.13. The summed E-state index contributed by atoms with van der Waals surface area (Å²) < 4.78 is 20.4. The van der Waals surface area contributed by atoms with Gasteiger partial charge in [-0.15, -0.1) is 0 Å². The Kier molecular flexibility index (Phi) is 6.49. The Morgan fingerprint density at radius 3 is 2.56 bits per heavy atom. The van der Waals surface area contributed by atoms with E-state index in [0.717, 1.165) is 36.6 Å². The average molecular weight is 435 g/mol. The Hall–Kier alpha value is -3.28. The SMILES string of the molecule is CCCCNC(=O)c1ccc(-c2cc3c(CC)c(C(=O)OC4CC4)cnc3cc2F)cc1. The van der Waals surface area contributed by atoms with E-state index >= 15 is 0 Å². The largest absolute Gasteiger partial charge is 0.459 e. The van der Waals surface area contributed by atoms with Gasteiger partial charge in [-0.05, 0) is 55.0 Å². The van der Waals surface area contributed by atoms with Crippen molar-refractivity contribution in [2.75, 3.05) is 6.54 Å². The second kappa shape index (κ2) is 9.47. The fourth-order valence-corrected chi connectivity index (χ4v) is 3.73. The Morgan fingerprint density at radius 2 is 1.91 bits per heavy atom. The molecule has 0 aliphatic heterocycles. The lowest BCUT2D eigenvalue weighted by molar-refractivity contribution is 0.0470. The third kappa shape index (κ3) is 4.64. The fourth-order valence-electron chi connectivity index (χ4n) is 3.73. The van der Waals surface area contributed by atoms with Gasteiger partial charge in [0.05, 0.1) is 11.1 Å². The summed E-state index contributed by atoms with van der Waals surface area (Å²) in [4.78, 5) is 29.1. The minimum atomic E-state index is -0.402. The summed E-state index contributed by atoms with van der Waals surface area (Å²) in [7, 11) is 0. The Morgan fingerprint density at radius 1 is 1.16 bits per heavy atom. The van der Waals surface area contributed by atoms with E-state index in [9.17, 15) is 14.0 Å². The highest BCUT2D eigenvalue weighted by molar-refractivity contribution is 5.99. The molecule has 1 aromatic heterocycles. The van der Waals surface area contributed by atoms with Crippen molar-refractivity contribution in [1.29, 1.82) is 0 Å². The molecule has 0 bridgehead atoms. The van der Waals surface area contributed by atoms with E-state index in [0.29, 0.717) is 40.7 Å². The number of rotatable bonds is 8. The Labute approximate surface area is 187 Å². The molecule has 1 amide bonds. The zero-order valence-electron chi connectivity index (χ0n) is 18.4. The first-order valence-corrected chi connectivity index (χ1v) is 11.2. The van der Waals surface area contributed by atoms with Crippen molar-refractivity contribution in [3.8, 4) is 11.1 Å². The lowest BCUT2D eigenvalue weighted by Crippen LogP contribution is -2.24. The molecule has 1 heterocycles. The van der Waals surface area contributed by atoms with Crippen molar-refractivity contribution >= 4 is 22.8 Å². The van der Waals surface area contributed by atoms with E-state index in [4.69, 9.17) is 4.74 Å². The number of benzene rings is 2. The van der Waals surface area contributed by atoms with Crippen molar-refractivity contribution in [3.05, 3.63) is 65.1 Å². The molecule has 6 heteroatoms. The van der Waals surface area contributed by atoms with Crippen LogP contribution in [0.2, 0.25) is 0 Å². The maximum Gasteiger partial charge on any atom is 0.340 e. The molecule has 1 fully saturated rings. The highest BCUT2D eigenvalue weighted by Crippen LogP contribution is 2.32. The molecule has 166 valence electrons. The minimum absolute atomic E-state index is 0.00405. The first kappa shape index (κ1) is 21.9. The number of unbranched alkanes of at least 4 members (excludes halogenated alkanes) is 1. The predicted molar refractivity (Wildman–Crippen MR) is 122 cm³/mol. The quantitative estimate of drug-likeness (QED) is 0.378. The van der Waals surface area contributed by atoms with Gasteiger partial charge in [0.15, 0.2) is 0 Å². The van der Waals surface area contributed by atoms with E-state index in [1.807, 2.05) is 6.92 Å². The van der Waals surface area contributed by atoms with Gasteiger partial charge in [0.1, 0.15) is 11.9 Å². The van der Waals surface area contributed by atoms with Crippen molar-refractivity contribution in [2.45, 2.75) is 52.1 Å². The molecule has 1 aliphatic carbocycles. The van der Waals surface area contributed by atoms with E-state index in [-0.39, 0.29) is 18.0 Å². The van der Waals surface area contributed by atoms with Crippen LogP contribution in [-0.2, 0) is 11.2 Å². The number of amides is 1. The van der Waals surface area contributed by atoms with Crippen molar-refractivity contribution < 1.29 is 18.7 Å². The predicted octanol–water partition coefficient (Wildman–Crippen LogP) is 5.45. The number of hydrogen-bond donors (Lipinski definition) is 1. The molecule has 0 unspecified atom stereocenters. The molecule has 0 spiro atoms. The van der Waals surface area contributed by atoms with Gasteiger partial charge in [-0.1, -0.05) is 32.4 Å². The van der Waals surface area contributed by atoms with Crippen LogP contribution in [0.4, 0.5) is 4.39 Å². The van der Waals surface area contributed by atoms with Crippen molar-refractivity contribution in [1.82, 2.24) is 10.3 Å². The molecule has 1 saturated carbocycles. The summed E-state index contributed by atoms with van der Waals surface area (Å²) in [5.74, 6) is -0.913. The van der Waals surface area contributed by atoms with Gasteiger partial charge in [-0.2, -0.15) is 0 Å². The van der Waals surface area contributed by atoms with Gasteiger partial charge in [-0.3, -0.25) is 9.78 Å². The van der Waals surface area contributed by atoms with Crippen molar-refractivity contribution in [2.24, 2.45) is 0 Å². The molecule has 0 radical (unpaired) electrons. The first-order valence-electron chi connectivity index (χ1n) is 11.2. The molecule has 5 nitrogen and oxygen atoms in total. The second-order valence-corrected chi connectivity index (χ2v) is 8.14. The third-order valence-electron chi connectivity index (χ3n) is 5.71. The van der Waals surface area contributed by atoms with E-state index in [1.165, 1.54) is 12.3 Å². The summed E-state index contributed by atoms with van der Waals surface area (Å²) in [6, 6.07) is 10.0. The van der Waals surface area contributed by atoms with Crippen LogP contribution in [0.3, 0.4) is 0 Å². The summed E-state index contributed by atoms with van der Waals surface area (Å²) in [6.45, 7) is 4.66. The number of esters is 1. The standard InChI is InChI=1S/C26H27FN2O3/c1-3-5-12-28-25(30)17-8-6-16(7-9-17)20-13-21-19(4-2)22(26(31)32-18-10-11-18)15-29-24(21)14-23(20)27/h6-9,13-15,18H,3-5,10-12H2,1-2H3,(H,28,30). The van der Waals surface area contributed by atoms with Gasteiger partial charge in [0.2, 0.25) is 0 Å². The van der Waals surface area contributed by atoms with Crippen LogP contribution in [0, 0.1) is 5.82 Å². The second-order valence-electron chi connectivity index (χ2n) is 8.14. The molecule has 2 aromatic carbocycles. The molecule has 4 rings (SSSR count). The van der Waals surface area contributed by atoms with Crippen LogP contribution in [0.1, 0.15) is 65.8 Å². The van der Waals surface area contributed by atoms with Crippen LogP contribution in [-0.4, -0.2) is 29.5 Å². The van der Waals surface area contributed by atoms with Gasteiger partial charge >= 0.3 is 5.97 Å². The number of fused-ring (bicyclic) bond motifs is 1. The number of pyridine rings is 1. The van der Waals surface area contributed by atoms with Crippen LogP contribution in [0.5, 0.6) is 0 Å². The number of aryl methyl sites for hydroxylation is 1. The maximum absolute atomic E-state index is 14.9. The van der Waals surface area contributed by atoms with E-state index in [2.05, 4.69) is 17.2 Å². The topological polar surface area (TPSA) is 68.3 Å². The zero-order chi connectivity index (χ0) is 22.7. The van der Waals surface area contributed by atoms with Gasteiger partial charge in [-0.25, -0.2) is 9.18 Å². The number of nitrogens with zero attached hydrogens (tertiary/aromatic N) is 1. The first-order chi connectivity index (χ1) is 15.5. The maximum atomic E-state index is 14.9. The van der Waals surface area contributed by atoms with Gasteiger partial charge in [0.25, 0.3) is 5.91 Å². The zero-order valence-corrected chi connectivity index (χ0v) is 18.4. The summed E-state index contributed by atoms with van der Waals surface area (Å²) in [5, 5.41) is 3.61. The number of nitrogens with one attached hydrogen (secondary N) is 1. The van der Waals surface area contributed by atoms with Crippen LogP contribution in [0.15, 0.2) is 42.6 Å². The molecular weight excluding hydrogens is 407 g/mol. The fraction of sp³-hybridized carbons (Fsp3) is 0.346. The lowest BCUT2D eigenvalue weighted by atomic mass is 9.96. The number of carbonyl (C=O) groups excluding carboxylic acids is 2. The van der Waals surface area contributed by atoms with Gasteiger partial charge in [0, 0.05) is 35.3 Å². The Bertz CT molecular complexity index is 1150. The van der Waals surface area contributed by atoms with Crippen molar-refractivity contribution in [3.63, 3.8) is 0 Å². The van der Waals surface area contributed by atoms with E-state index in [1.54, 1.807) is 30.3 Å². The number of hydrogen-bond acceptors (Lipinski definition) is 4. The highest BCUT2D eigenvalue weighted by Gasteiger charge is 2.28. The number of halogens is 1. The smallest absolute Gasteiger partial charge is 0.340 e.